The smallest absolute Gasteiger partial charge is 0.0964 e. The molecule has 53 heavy (non-hydrogen) atoms. The predicted molar refractivity (Wildman–Crippen MR) is 217 cm³/mol. The number of aromatic nitrogens is 2. The van der Waals surface area contributed by atoms with Gasteiger partial charge in [-0.25, -0.2) is 18.6 Å². The molecule has 12 heteroatoms. The third kappa shape index (κ3) is 16.0. The summed E-state index contributed by atoms with van der Waals surface area (Å²) in [6.07, 6.45) is 3.60. The number of hydrogen-bond acceptors (Lipinski definition) is 6. The molecule has 7 aromatic rings. The summed E-state index contributed by atoms with van der Waals surface area (Å²) >= 11 is 4.34. The second kappa shape index (κ2) is 24.6. The molecule has 0 saturated heterocycles. The van der Waals surface area contributed by atoms with Gasteiger partial charge in [0.05, 0.1) is 11.0 Å². The van der Waals surface area contributed by atoms with Gasteiger partial charge in [-0.2, -0.15) is 41.2 Å². The van der Waals surface area contributed by atoms with Crippen molar-refractivity contribution in [1.29, 1.82) is 0 Å². The van der Waals surface area contributed by atoms with E-state index in [4.69, 9.17) is 18.6 Å². The molecule has 0 N–H and O–H groups in total. The molecule has 0 spiro atoms. The summed E-state index contributed by atoms with van der Waals surface area (Å²) in [6, 6.07) is 53.5. The second-order valence-electron chi connectivity index (χ2n) is 10.9. The van der Waals surface area contributed by atoms with E-state index in [1.165, 1.54) is 21.2 Å². The Bertz CT molecular complexity index is 1800. The topological polar surface area (TPSA) is 118 Å². The van der Waals surface area contributed by atoms with Crippen molar-refractivity contribution in [2.45, 2.75) is 0 Å². The van der Waals surface area contributed by atoms with E-state index >= 15 is 0 Å². The van der Waals surface area contributed by atoms with Gasteiger partial charge in [-0.05, 0) is 60.7 Å². The van der Waals surface area contributed by atoms with Crippen molar-refractivity contribution in [3.8, 4) is 0 Å². The van der Waals surface area contributed by atoms with Crippen molar-refractivity contribution >= 4 is 76.6 Å². The maximum Gasteiger partial charge on any atom is 0.0964 e. The van der Waals surface area contributed by atoms with Crippen LogP contribution < -0.4 is 39.9 Å². The van der Waals surface area contributed by atoms with E-state index in [0.717, 1.165) is 21.8 Å². The van der Waals surface area contributed by atoms with Gasteiger partial charge in [0.25, 0.3) is 0 Å². The van der Waals surface area contributed by atoms with Gasteiger partial charge in [-0.1, -0.05) is 97.1 Å². The predicted octanol–water partition coefficient (Wildman–Crippen LogP) is 5.83. The Balaban J connectivity index is 0.000000359. The molecule has 7 rings (SSSR count). The molecular formula is C41H39Au2ClIN2O4P2-4. The van der Waals surface area contributed by atoms with Crippen molar-refractivity contribution < 1.29 is 68.5 Å². The molecule has 0 saturated carbocycles. The van der Waals surface area contributed by atoms with Crippen LogP contribution in [0.1, 0.15) is 0 Å². The molecule has 0 aliphatic rings. The van der Waals surface area contributed by atoms with Crippen LogP contribution in [0.2, 0.25) is 0 Å². The summed E-state index contributed by atoms with van der Waals surface area (Å²) in [6.45, 7) is 17.2. The Hall–Kier alpha value is -1.88. The van der Waals surface area contributed by atoms with Crippen molar-refractivity contribution in [2.75, 3.05) is 0 Å². The van der Waals surface area contributed by atoms with Gasteiger partial charge in [0.1, 0.15) is 0 Å². The van der Waals surface area contributed by atoms with Gasteiger partial charge in [-0.15, -0.1) is 10.2 Å². The fourth-order valence-corrected chi connectivity index (χ4v) is 8.40. The normalized spacial score (nSPS) is 10.5. The number of benzene rings is 5. The van der Waals surface area contributed by atoms with Gasteiger partial charge in [-0.3, -0.25) is 9.97 Å². The zero-order valence-electron chi connectivity index (χ0n) is 28.8. The van der Waals surface area contributed by atoms with E-state index in [2.05, 4.69) is 146 Å². The minimum Gasteiger partial charge on any atom is -0.254 e. The van der Waals surface area contributed by atoms with Crippen LogP contribution in [0.4, 0.5) is 0 Å². The Morgan fingerprint density at radius 1 is 0.434 bits per heavy atom. The largest absolute Gasteiger partial charge is 0.254 e. The Labute approximate surface area is 355 Å². The number of fused-ring (bicyclic) bond motifs is 3. The Kier molecular flexibility index (Phi) is 22.8. The summed E-state index contributed by atoms with van der Waals surface area (Å²) in [7, 11) is -8.24. The van der Waals surface area contributed by atoms with Crippen LogP contribution in [0, 0.1) is 44.3 Å². The van der Waals surface area contributed by atoms with E-state index in [1.807, 2.05) is 84.9 Å². The van der Waals surface area contributed by atoms with Crippen LogP contribution >= 0.6 is 33.5 Å². The monoisotopic (exact) mass is 1240 g/mol. The maximum absolute atomic E-state index is 8.49. The fourth-order valence-electron chi connectivity index (χ4n) is 4.83. The van der Waals surface area contributed by atoms with Crippen LogP contribution in [0.5, 0.6) is 0 Å². The van der Waals surface area contributed by atoms with E-state index in [-0.39, 0.29) is 29.8 Å². The zero-order valence-corrected chi connectivity index (χ0v) is 37.8. The molecule has 6 nitrogen and oxygen atoms in total. The third-order valence-electron chi connectivity index (χ3n) is 7.35. The average molecular weight is 1240 g/mol. The molecule has 0 aliphatic carbocycles. The molecule has 1 radical (unpaired) electrons. The Morgan fingerprint density at radius 2 is 0.660 bits per heavy atom. The van der Waals surface area contributed by atoms with Gasteiger partial charge in [0.2, 0.25) is 0 Å². The van der Waals surface area contributed by atoms with Crippen molar-refractivity contribution in [1.82, 2.24) is 9.97 Å². The van der Waals surface area contributed by atoms with Crippen LogP contribution in [0.25, 0.3) is 21.8 Å². The first-order chi connectivity index (χ1) is 24.4. The summed E-state index contributed by atoms with van der Waals surface area (Å²) in [5.41, 5.74) is 1.95. The van der Waals surface area contributed by atoms with E-state index in [0.29, 0.717) is 0 Å². The van der Waals surface area contributed by atoms with Crippen molar-refractivity contribution in [3.63, 3.8) is 0 Å². The second-order valence-corrected chi connectivity index (χ2v) is 17.6. The molecule has 0 atom stereocenters. The summed E-state index contributed by atoms with van der Waals surface area (Å²) in [5.74, 6) is 0. The van der Waals surface area contributed by atoms with E-state index in [1.54, 1.807) is 12.4 Å². The van der Waals surface area contributed by atoms with Gasteiger partial charge in [0.15, 0.2) is 0 Å². The molecule has 0 fully saturated rings. The SMILES string of the molecule is [Au].[CH2-][P+]([CH2-])(c1ccccc1)c1ccccc1.[CH2-][P+]([CH2-])(c1ccccc1)c1ccccc1.[CH3-].[I][Au].[O-][Cl+3]([O-])([O-])[O-].c1cnc2c(c1)ccc1cccnc12. The first-order valence-electron chi connectivity index (χ1n) is 15.1. The van der Waals surface area contributed by atoms with E-state index < -0.39 is 24.8 Å². The standard InChI is InChI=1S/2C14H14P.C12H8N2.CH3.2Au.ClHO4.HI/c2*1-15(2,13-9-5-3-6-10-13)14-11-7-4-8-12-14;1-3-9-5-6-10-4-2-8-14-12(10)11(9)13-7-1;;;;2-1(3,4)5;/h2*3-12H,1-2H2;1-8H;1H3;;;(H,2,3,4,5);1H/q2*-1;;-1;;+1;;/p-2. The Morgan fingerprint density at radius 3 is 0.887 bits per heavy atom. The molecule has 0 unspecified atom stereocenters. The number of nitrogens with zero attached hydrogens (tertiary/aromatic N) is 2. The number of rotatable bonds is 4. The molecule has 0 amide bonds. The molecule has 2 heterocycles. The molecule has 0 bridgehead atoms. The molecule has 2 aromatic heterocycles. The van der Waals surface area contributed by atoms with Gasteiger partial charge in [0, 0.05) is 66.8 Å². The van der Waals surface area contributed by atoms with Crippen LogP contribution in [0.15, 0.2) is 170 Å². The fraction of sp³-hybridized carbons (Fsp3) is 0. The maximum atomic E-state index is 8.49. The van der Waals surface area contributed by atoms with Crippen molar-refractivity contribution in [2.24, 2.45) is 0 Å². The third-order valence-corrected chi connectivity index (χ3v) is 12.5. The average Bonchev–Trinajstić information content (AvgIpc) is 3.17. The number of halogens is 2. The van der Waals surface area contributed by atoms with Crippen LogP contribution in [-0.4, -0.2) is 9.97 Å². The summed E-state index contributed by atoms with van der Waals surface area (Å²) in [4.78, 5) is 8.69. The van der Waals surface area contributed by atoms with Gasteiger partial charge < -0.3 is 7.43 Å². The zero-order chi connectivity index (χ0) is 37.3. The van der Waals surface area contributed by atoms with Gasteiger partial charge >= 0.3 is 36.3 Å². The first kappa shape index (κ1) is 49.1. The van der Waals surface area contributed by atoms with Crippen molar-refractivity contribution in [3.05, 3.63) is 204 Å². The number of pyridine rings is 2. The minimum absolute atomic E-state index is 0. The summed E-state index contributed by atoms with van der Waals surface area (Å²) in [5, 5.41) is 7.26. The first-order valence-corrected chi connectivity index (χ1v) is 26.8. The van der Waals surface area contributed by atoms with Crippen LogP contribution in [-0.2, 0) is 39.6 Å². The minimum atomic E-state index is -4.94. The molecular weight excluding hydrogens is 1200 g/mol. The molecule has 5 aromatic carbocycles. The molecule has 287 valence electrons. The number of hydrogen-bond donors (Lipinski definition) is 0. The summed E-state index contributed by atoms with van der Waals surface area (Å²) < 4.78 is 34.0. The van der Waals surface area contributed by atoms with E-state index in [9.17, 15) is 0 Å². The molecule has 0 aliphatic heterocycles. The quantitative estimate of drug-likeness (QED) is 0.0720. The van der Waals surface area contributed by atoms with Crippen LogP contribution in [0.3, 0.4) is 0 Å².